The Morgan fingerprint density at radius 1 is 1.17 bits per heavy atom. The lowest BCUT2D eigenvalue weighted by molar-refractivity contribution is 0.474. The van der Waals surface area contributed by atoms with Crippen molar-refractivity contribution in [3.05, 3.63) is 23.7 Å². The summed E-state index contributed by atoms with van der Waals surface area (Å²) in [7, 11) is 0. The van der Waals surface area contributed by atoms with Gasteiger partial charge in [0.15, 0.2) is 11.5 Å². The lowest BCUT2D eigenvalue weighted by Crippen LogP contribution is -1.94. The number of pyridine rings is 1. The van der Waals surface area contributed by atoms with Gasteiger partial charge < -0.3 is 5.11 Å². The molecule has 0 aliphatic heterocycles. The number of aromatic nitrogens is 3. The van der Waals surface area contributed by atoms with E-state index in [0.29, 0.717) is 0 Å². The van der Waals surface area contributed by atoms with E-state index in [1.54, 1.807) is 16.6 Å². The highest BCUT2D eigenvalue weighted by atomic mass is 16.3. The monoisotopic (exact) mass is 247 g/mol. The number of aromatic hydroxyl groups is 1. The molecule has 2 aromatic heterocycles. The Hall–Kier alpha value is -1.58. The Bertz CT molecular complexity index is 519. The van der Waals surface area contributed by atoms with Gasteiger partial charge in [-0.25, -0.2) is 9.50 Å². The standard InChI is InChI=1S/C14H21N3O/c1-3-4-5-6-7-8-13-15-14-10-12(18)9-11(2)17(14)16-13/h9-10,18H,3-8H2,1-2H3. The van der Waals surface area contributed by atoms with Crippen LogP contribution in [0, 0.1) is 6.92 Å². The fourth-order valence-electron chi connectivity index (χ4n) is 2.16. The van der Waals surface area contributed by atoms with Crippen molar-refractivity contribution < 1.29 is 5.11 Å². The van der Waals surface area contributed by atoms with E-state index in [-0.39, 0.29) is 5.75 Å². The largest absolute Gasteiger partial charge is 0.508 e. The molecule has 0 aromatic carbocycles. The molecule has 2 rings (SSSR count). The minimum atomic E-state index is 0.252. The van der Waals surface area contributed by atoms with Crippen LogP contribution in [-0.4, -0.2) is 19.7 Å². The molecular formula is C14H21N3O. The topological polar surface area (TPSA) is 50.4 Å². The zero-order chi connectivity index (χ0) is 13.0. The van der Waals surface area contributed by atoms with Crippen molar-refractivity contribution in [3.63, 3.8) is 0 Å². The molecule has 4 nitrogen and oxygen atoms in total. The summed E-state index contributed by atoms with van der Waals surface area (Å²) in [6, 6.07) is 3.35. The maximum atomic E-state index is 9.51. The zero-order valence-corrected chi connectivity index (χ0v) is 11.2. The minimum Gasteiger partial charge on any atom is -0.508 e. The molecule has 98 valence electrons. The molecule has 1 N–H and O–H groups in total. The second-order valence-electron chi connectivity index (χ2n) is 4.82. The molecule has 4 heteroatoms. The third-order valence-corrected chi connectivity index (χ3v) is 3.15. The number of nitrogens with zero attached hydrogens (tertiary/aromatic N) is 3. The Labute approximate surface area is 108 Å². The highest BCUT2D eigenvalue weighted by Gasteiger charge is 2.06. The summed E-state index contributed by atoms with van der Waals surface area (Å²) in [5.74, 6) is 1.13. The molecule has 0 bridgehead atoms. The van der Waals surface area contributed by atoms with Crippen molar-refractivity contribution in [3.8, 4) is 5.75 Å². The van der Waals surface area contributed by atoms with Gasteiger partial charge in [-0.3, -0.25) is 0 Å². The van der Waals surface area contributed by atoms with Gasteiger partial charge in [0.2, 0.25) is 0 Å². The van der Waals surface area contributed by atoms with Gasteiger partial charge >= 0.3 is 0 Å². The maximum Gasteiger partial charge on any atom is 0.159 e. The predicted octanol–water partition coefficient (Wildman–Crippen LogP) is 3.26. The number of rotatable bonds is 6. The van der Waals surface area contributed by atoms with Crippen LogP contribution in [0.3, 0.4) is 0 Å². The van der Waals surface area contributed by atoms with Crippen LogP contribution in [0.2, 0.25) is 0 Å². The number of hydrogen-bond acceptors (Lipinski definition) is 3. The molecule has 0 saturated heterocycles. The SMILES string of the molecule is CCCCCCCc1nc2cc(O)cc(C)n2n1. The van der Waals surface area contributed by atoms with Crippen LogP contribution in [0.4, 0.5) is 0 Å². The Balaban J connectivity index is 2.00. The van der Waals surface area contributed by atoms with E-state index in [2.05, 4.69) is 17.0 Å². The van der Waals surface area contributed by atoms with Crippen molar-refractivity contribution in [2.75, 3.05) is 0 Å². The first-order chi connectivity index (χ1) is 8.70. The number of fused-ring (bicyclic) bond motifs is 1. The third-order valence-electron chi connectivity index (χ3n) is 3.15. The van der Waals surface area contributed by atoms with E-state index in [0.717, 1.165) is 30.0 Å². The molecule has 0 radical (unpaired) electrons. The molecule has 0 aliphatic rings. The molecule has 0 fully saturated rings. The van der Waals surface area contributed by atoms with E-state index in [9.17, 15) is 5.11 Å². The van der Waals surface area contributed by atoms with Gasteiger partial charge in [0.25, 0.3) is 0 Å². The van der Waals surface area contributed by atoms with Crippen LogP contribution in [0.15, 0.2) is 12.1 Å². The van der Waals surface area contributed by atoms with Crippen LogP contribution in [0.5, 0.6) is 5.75 Å². The van der Waals surface area contributed by atoms with Gasteiger partial charge in [-0.05, 0) is 13.3 Å². The fraction of sp³-hybridized carbons (Fsp3) is 0.571. The Morgan fingerprint density at radius 3 is 2.72 bits per heavy atom. The summed E-state index contributed by atoms with van der Waals surface area (Å²) in [6.07, 6.45) is 7.18. The lowest BCUT2D eigenvalue weighted by Gasteiger charge is -1.97. The zero-order valence-electron chi connectivity index (χ0n) is 11.2. The number of aryl methyl sites for hydroxylation is 2. The highest BCUT2D eigenvalue weighted by Crippen LogP contribution is 2.15. The normalized spacial score (nSPS) is 11.2. The molecule has 0 unspecified atom stereocenters. The van der Waals surface area contributed by atoms with E-state index in [4.69, 9.17) is 0 Å². The van der Waals surface area contributed by atoms with Crippen molar-refractivity contribution in [2.45, 2.75) is 52.4 Å². The van der Waals surface area contributed by atoms with Gasteiger partial charge in [0.05, 0.1) is 0 Å². The molecule has 2 heterocycles. The predicted molar refractivity (Wildman–Crippen MR) is 71.9 cm³/mol. The van der Waals surface area contributed by atoms with E-state index in [1.165, 1.54) is 25.7 Å². The van der Waals surface area contributed by atoms with Crippen molar-refractivity contribution in [2.24, 2.45) is 0 Å². The minimum absolute atomic E-state index is 0.252. The van der Waals surface area contributed by atoms with Crippen molar-refractivity contribution in [1.82, 2.24) is 14.6 Å². The molecule has 0 amide bonds. The van der Waals surface area contributed by atoms with Crippen LogP contribution < -0.4 is 0 Å². The quantitative estimate of drug-likeness (QED) is 0.797. The van der Waals surface area contributed by atoms with Gasteiger partial charge in [-0.1, -0.05) is 32.6 Å². The van der Waals surface area contributed by atoms with E-state index < -0.39 is 0 Å². The second-order valence-corrected chi connectivity index (χ2v) is 4.82. The second kappa shape index (κ2) is 5.85. The number of unbranched alkanes of at least 4 members (excludes halogenated alkanes) is 4. The van der Waals surface area contributed by atoms with Crippen LogP contribution in [-0.2, 0) is 6.42 Å². The third kappa shape index (κ3) is 3.00. The van der Waals surface area contributed by atoms with Gasteiger partial charge in [-0.2, -0.15) is 5.10 Å². The molecular weight excluding hydrogens is 226 g/mol. The van der Waals surface area contributed by atoms with E-state index >= 15 is 0 Å². The average Bonchev–Trinajstić information content (AvgIpc) is 2.72. The molecule has 0 saturated carbocycles. The van der Waals surface area contributed by atoms with Crippen molar-refractivity contribution >= 4 is 5.65 Å². The average molecular weight is 247 g/mol. The van der Waals surface area contributed by atoms with Crippen LogP contribution in [0.1, 0.15) is 50.5 Å². The molecule has 0 atom stereocenters. The molecule has 0 spiro atoms. The summed E-state index contributed by atoms with van der Waals surface area (Å²) in [5, 5.41) is 14.0. The smallest absolute Gasteiger partial charge is 0.159 e. The molecule has 18 heavy (non-hydrogen) atoms. The summed E-state index contributed by atoms with van der Waals surface area (Å²) in [5.41, 5.74) is 1.64. The van der Waals surface area contributed by atoms with Crippen LogP contribution >= 0.6 is 0 Å². The molecule has 0 aliphatic carbocycles. The first-order valence-electron chi connectivity index (χ1n) is 6.76. The summed E-state index contributed by atoms with van der Waals surface area (Å²) < 4.78 is 1.79. The lowest BCUT2D eigenvalue weighted by atomic mass is 10.1. The Morgan fingerprint density at radius 2 is 1.94 bits per heavy atom. The van der Waals surface area contributed by atoms with Crippen molar-refractivity contribution in [1.29, 1.82) is 0 Å². The highest BCUT2D eigenvalue weighted by molar-refractivity contribution is 5.45. The number of hydrogen-bond donors (Lipinski definition) is 1. The van der Waals surface area contributed by atoms with E-state index in [1.807, 2.05) is 6.92 Å². The Kier molecular flexibility index (Phi) is 4.18. The summed E-state index contributed by atoms with van der Waals surface area (Å²) >= 11 is 0. The summed E-state index contributed by atoms with van der Waals surface area (Å²) in [4.78, 5) is 4.44. The summed E-state index contributed by atoms with van der Waals surface area (Å²) in [6.45, 7) is 4.14. The first-order valence-corrected chi connectivity index (χ1v) is 6.76. The fourth-order valence-corrected chi connectivity index (χ4v) is 2.16. The maximum absolute atomic E-state index is 9.51. The molecule has 2 aromatic rings. The van der Waals surface area contributed by atoms with Crippen LogP contribution in [0.25, 0.3) is 5.65 Å². The van der Waals surface area contributed by atoms with Gasteiger partial charge in [0, 0.05) is 24.2 Å². The van der Waals surface area contributed by atoms with Gasteiger partial charge in [-0.15, -0.1) is 0 Å². The van der Waals surface area contributed by atoms with Gasteiger partial charge in [0.1, 0.15) is 5.75 Å². The first kappa shape index (κ1) is 12.9.